The molecule has 8 heteroatoms. The van der Waals surface area contributed by atoms with Crippen LogP contribution < -0.4 is 5.32 Å². The Morgan fingerprint density at radius 2 is 1.96 bits per heavy atom. The van der Waals surface area contributed by atoms with Crippen LogP contribution in [0.4, 0.5) is 5.82 Å². The first-order chi connectivity index (χ1) is 12.3. The molecule has 2 rings (SSSR count). The second-order valence-corrected chi connectivity index (χ2v) is 7.41. The van der Waals surface area contributed by atoms with Crippen molar-refractivity contribution in [3.63, 3.8) is 0 Å². The first-order valence-electron chi connectivity index (χ1n) is 7.80. The fourth-order valence-electron chi connectivity index (χ4n) is 1.95. The predicted octanol–water partition coefficient (Wildman–Crippen LogP) is 4.50. The van der Waals surface area contributed by atoms with Gasteiger partial charge in [0.05, 0.1) is 15.8 Å². The number of aromatic nitrogens is 1. The van der Waals surface area contributed by atoms with Crippen molar-refractivity contribution in [2.75, 3.05) is 11.1 Å². The van der Waals surface area contributed by atoms with E-state index in [2.05, 4.69) is 10.3 Å². The topological polar surface area (TPSA) is 68.3 Å². The lowest BCUT2D eigenvalue weighted by atomic mass is 10.2. The Bertz CT molecular complexity index is 785. The molecule has 0 bridgehead atoms. The van der Waals surface area contributed by atoms with Gasteiger partial charge in [-0.1, -0.05) is 53.0 Å². The van der Waals surface area contributed by atoms with Crippen LogP contribution in [0.2, 0.25) is 10.0 Å². The first-order valence-corrected chi connectivity index (χ1v) is 9.71. The molecular formula is C18H18Cl2N2O3S. The summed E-state index contributed by atoms with van der Waals surface area (Å²) in [5.41, 5.74) is 2.32. The molecule has 0 aliphatic carbocycles. The minimum atomic E-state index is -0.962. The molecule has 1 atom stereocenters. The van der Waals surface area contributed by atoms with Gasteiger partial charge >= 0.3 is 5.97 Å². The molecule has 138 valence electrons. The molecule has 26 heavy (non-hydrogen) atoms. The van der Waals surface area contributed by atoms with Crippen molar-refractivity contribution >= 4 is 52.7 Å². The third-order valence-corrected chi connectivity index (χ3v) is 4.81. The minimum absolute atomic E-state index is 0.158. The van der Waals surface area contributed by atoms with Gasteiger partial charge in [0.15, 0.2) is 11.9 Å². The Balaban J connectivity index is 1.76. The van der Waals surface area contributed by atoms with Gasteiger partial charge < -0.3 is 10.1 Å². The molecule has 1 aromatic carbocycles. The smallest absolute Gasteiger partial charge is 0.316 e. The second kappa shape index (κ2) is 9.80. The van der Waals surface area contributed by atoms with Crippen LogP contribution in [0.3, 0.4) is 0 Å². The zero-order chi connectivity index (χ0) is 19.1. The highest BCUT2D eigenvalue weighted by Gasteiger charge is 2.19. The lowest BCUT2D eigenvalue weighted by Gasteiger charge is -2.13. The Morgan fingerprint density at radius 1 is 1.27 bits per heavy atom. The van der Waals surface area contributed by atoms with Gasteiger partial charge in [0.1, 0.15) is 0 Å². The van der Waals surface area contributed by atoms with E-state index in [9.17, 15) is 9.59 Å². The Labute approximate surface area is 166 Å². The number of benzene rings is 1. The van der Waals surface area contributed by atoms with E-state index in [0.717, 1.165) is 5.56 Å². The molecule has 2 aromatic rings. The first kappa shape index (κ1) is 20.6. The average molecular weight is 413 g/mol. The normalized spacial score (nSPS) is 11.7. The maximum atomic E-state index is 12.1. The summed E-state index contributed by atoms with van der Waals surface area (Å²) >= 11 is 13.1. The molecule has 0 aliphatic rings. The Kier molecular flexibility index (Phi) is 7.75. The number of carbonyl (C=O) groups is 2. The summed E-state index contributed by atoms with van der Waals surface area (Å²) in [6, 6.07) is 9.55. The van der Waals surface area contributed by atoms with E-state index >= 15 is 0 Å². The number of carbonyl (C=O) groups excluding carboxylic acids is 2. The number of amides is 1. The predicted molar refractivity (Wildman–Crippen MR) is 106 cm³/mol. The molecule has 1 amide bonds. The summed E-state index contributed by atoms with van der Waals surface area (Å²) < 4.78 is 5.14. The van der Waals surface area contributed by atoms with Crippen LogP contribution in [-0.4, -0.2) is 28.7 Å². The van der Waals surface area contributed by atoms with E-state index in [1.807, 2.05) is 31.2 Å². The number of aryl methyl sites for hydroxylation is 1. The number of anilines is 1. The molecule has 1 heterocycles. The number of hydrogen-bond donors (Lipinski definition) is 1. The van der Waals surface area contributed by atoms with Crippen LogP contribution in [0.5, 0.6) is 0 Å². The van der Waals surface area contributed by atoms with Gasteiger partial charge in [-0.3, -0.25) is 9.59 Å². The zero-order valence-electron chi connectivity index (χ0n) is 14.3. The SMILES string of the molecule is Cc1ccc(CSCC(=O)O[C@H](C)C(=O)Nc2ncc(Cl)cc2Cl)cc1. The quantitative estimate of drug-likeness (QED) is 0.677. The highest BCUT2D eigenvalue weighted by atomic mass is 35.5. The minimum Gasteiger partial charge on any atom is -0.452 e. The number of esters is 1. The van der Waals surface area contributed by atoms with Crippen LogP contribution in [-0.2, 0) is 20.1 Å². The van der Waals surface area contributed by atoms with E-state index in [1.54, 1.807) is 0 Å². The number of halogens is 2. The Morgan fingerprint density at radius 3 is 2.62 bits per heavy atom. The molecule has 1 aromatic heterocycles. The van der Waals surface area contributed by atoms with Crippen molar-refractivity contribution in [2.24, 2.45) is 0 Å². The number of ether oxygens (including phenoxy) is 1. The van der Waals surface area contributed by atoms with Gasteiger partial charge in [-0.15, -0.1) is 11.8 Å². The van der Waals surface area contributed by atoms with E-state index in [4.69, 9.17) is 27.9 Å². The van der Waals surface area contributed by atoms with Crippen LogP contribution in [0.15, 0.2) is 36.5 Å². The fourth-order valence-corrected chi connectivity index (χ4v) is 3.14. The van der Waals surface area contributed by atoms with E-state index < -0.39 is 18.0 Å². The molecule has 0 aliphatic heterocycles. The van der Waals surface area contributed by atoms with Crippen LogP contribution >= 0.6 is 35.0 Å². The summed E-state index contributed by atoms with van der Waals surface area (Å²) in [4.78, 5) is 27.9. The highest BCUT2D eigenvalue weighted by molar-refractivity contribution is 7.99. The molecule has 5 nitrogen and oxygen atoms in total. The average Bonchev–Trinajstić information content (AvgIpc) is 2.59. The lowest BCUT2D eigenvalue weighted by molar-refractivity contribution is -0.150. The molecule has 0 radical (unpaired) electrons. The van der Waals surface area contributed by atoms with Crippen molar-refractivity contribution in [3.05, 3.63) is 57.7 Å². The third kappa shape index (κ3) is 6.52. The van der Waals surface area contributed by atoms with E-state index in [-0.39, 0.29) is 16.6 Å². The van der Waals surface area contributed by atoms with E-state index in [0.29, 0.717) is 10.8 Å². The van der Waals surface area contributed by atoms with Crippen molar-refractivity contribution in [3.8, 4) is 0 Å². The monoisotopic (exact) mass is 412 g/mol. The maximum absolute atomic E-state index is 12.1. The Hall–Kier alpha value is -1.76. The number of pyridine rings is 1. The van der Waals surface area contributed by atoms with Gasteiger partial charge in [-0.25, -0.2) is 4.98 Å². The van der Waals surface area contributed by atoms with E-state index in [1.165, 1.54) is 36.5 Å². The fraction of sp³-hybridized carbons (Fsp3) is 0.278. The summed E-state index contributed by atoms with van der Waals surface area (Å²) in [6.45, 7) is 3.51. The molecule has 0 spiro atoms. The third-order valence-electron chi connectivity index (χ3n) is 3.34. The number of nitrogens with zero attached hydrogens (tertiary/aromatic N) is 1. The number of hydrogen-bond acceptors (Lipinski definition) is 5. The standard InChI is InChI=1S/C18H18Cl2N2O3S/c1-11-3-5-13(6-4-11)9-26-10-16(23)25-12(2)18(24)22-17-15(20)7-14(19)8-21-17/h3-8,12H,9-10H2,1-2H3,(H,21,22,24)/t12-/m1/s1. The van der Waals surface area contributed by atoms with Crippen LogP contribution in [0.25, 0.3) is 0 Å². The van der Waals surface area contributed by atoms with Gasteiger partial charge in [0.2, 0.25) is 0 Å². The lowest BCUT2D eigenvalue weighted by Crippen LogP contribution is -2.31. The number of rotatable bonds is 7. The summed E-state index contributed by atoms with van der Waals surface area (Å²) in [5.74, 6) is 0.0438. The molecule has 0 unspecified atom stereocenters. The van der Waals surface area contributed by atoms with Crippen molar-refractivity contribution < 1.29 is 14.3 Å². The number of thioether (sulfide) groups is 1. The molecule has 0 saturated carbocycles. The summed E-state index contributed by atoms with van der Waals surface area (Å²) in [6.07, 6.45) is 0.401. The maximum Gasteiger partial charge on any atom is 0.316 e. The van der Waals surface area contributed by atoms with Crippen molar-refractivity contribution in [1.29, 1.82) is 0 Å². The summed E-state index contributed by atoms with van der Waals surface area (Å²) in [5, 5.41) is 3.07. The second-order valence-electron chi connectivity index (χ2n) is 5.58. The molecular weight excluding hydrogens is 395 g/mol. The molecule has 0 saturated heterocycles. The zero-order valence-corrected chi connectivity index (χ0v) is 16.6. The van der Waals surface area contributed by atoms with Crippen molar-refractivity contribution in [2.45, 2.75) is 25.7 Å². The highest BCUT2D eigenvalue weighted by Crippen LogP contribution is 2.22. The largest absolute Gasteiger partial charge is 0.452 e. The molecule has 1 N–H and O–H groups in total. The number of nitrogens with one attached hydrogen (secondary N) is 1. The summed E-state index contributed by atoms with van der Waals surface area (Å²) in [7, 11) is 0. The van der Waals surface area contributed by atoms with Gasteiger partial charge in [0.25, 0.3) is 5.91 Å². The van der Waals surface area contributed by atoms with Gasteiger partial charge in [-0.05, 0) is 25.5 Å². The molecule has 0 fully saturated rings. The van der Waals surface area contributed by atoms with Gasteiger partial charge in [0, 0.05) is 11.9 Å². The van der Waals surface area contributed by atoms with Gasteiger partial charge in [-0.2, -0.15) is 0 Å². The van der Waals surface area contributed by atoms with Crippen LogP contribution in [0.1, 0.15) is 18.1 Å². The van der Waals surface area contributed by atoms with Crippen molar-refractivity contribution in [1.82, 2.24) is 4.98 Å². The van der Waals surface area contributed by atoms with Crippen LogP contribution in [0, 0.1) is 6.92 Å².